The molecular formula is C12H16O4S2. The lowest BCUT2D eigenvalue weighted by Gasteiger charge is -2.26. The van der Waals surface area contributed by atoms with Crippen molar-refractivity contribution >= 4 is 21.6 Å². The second kappa shape index (κ2) is 5.95. The third kappa shape index (κ3) is 2.65. The summed E-state index contributed by atoms with van der Waals surface area (Å²) in [5.41, 5.74) is 0.550. The number of rotatable bonds is 3. The fourth-order valence-corrected chi connectivity index (χ4v) is 5.95. The summed E-state index contributed by atoms with van der Waals surface area (Å²) in [5.74, 6) is 1.54. The molecule has 1 heterocycles. The van der Waals surface area contributed by atoms with Crippen LogP contribution in [0.2, 0.25) is 0 Å². The van der Waals surface area contributed by atoms with Gasteiger partial charge in [0.2, 0.25) is 0 Å². The Balaban J connectivity index is 2.32. The van der Waals surface area contributed by atoms with Crippen molar-refractivity contribution in [2.75, 3.05) is 18.6 Å². The van der Waals surface area contributed by atoms with E-state index in [-0.39, 0.29) is 0 Å². The molecule has 0 aromatic heterocycles. The van der Waals surface area contributed by atoms with Crippen LogP contribution in [0, 0.1) is 0 Å². The number of aliphatic hydroxyl groups excluding tert-OH is 1. The average molecular weight is 288 g/mol. The van der Waals surface area contributed by atoms with Gasteiger partial charge in [0.25, 0.3) is 0 Å². The normalized spacial score (nSPS) is 29.8. The molecule has 0 radical (unpaired) electrons. The van der Waals surface area contributed by atoms with Crippen LogP contribution in [0.5, 0.6) is 5.75 Å². The monoisotopic (exact) mass is 288 g/mol. The Labute approximate surface area is 111 Å². The molecule has 0 aliphatic carbocycles. The summed E-state index contributed by atoms with van der Waals surface area (Å²) in [6.45, 7) is 0. The fraction of sp³-hybridized carbons (Fsp3) is 0.500. The summed E-state index contributed by atoms with van der Waals surface area (Å²) in [7, 11) is -0.995. The first-order chi connectivity index (χ1) is 8.65. The maximum Gasteiger partial charge on any atom is 0.140 e. The minimum atomic E-state index is -1.25. The smallest absolute Gasteiger partial charge is 0.140 e. The van der Waals surface area contributed by atoms with Crippen molar-refractivity contribution in [1.82, 2.24) is 0 Å². The van der Waals surface area contributed by atoms with E-state index in [0.29, 0.717) is 29.2 Å². The number of hydrogen-bond acceptors (Lipinski definition) is 4. The number of methoxy groups -OCH3 is 1. The highest BCUT2D eigenvalue weighted by Gasteiger charge is 2.36. The molecule has 3 atom stereocenters. The maximum absolute atomic E-state index is 11.9. The minimum absolute atomic E-state index is 0.503. The van der Waals surface area contributed by atoms with E-state index in [4.69, 9.17) is 4.74 Å². The number of para-hydroxylation sites is 1. The maximum atomic E-state index is 11.9. The molecule has 0 amide bonds. The molecular weight excluding hydrogens is 272 g/mol. The van der Waals surface area contributed by atoms with E-state index in [9.17, 15) is 13.5 Å². The topological polar surface area (TPSA) is 63.6 Å². The van der Waals surface area contributed by atoms with Gasteiger partial charge in [-0.2, -0.15) is 0 Å². The summed E-state index contributed by atoms with van der Waals surface area (Å²) in [4.78, 5) is 0. The Morgan fingerprint density at radius 3 is 2.50 bits per heavy atom. The molecule has 1 aromatic carbocycles. The average Bonchev–Trinajstić information content (AvgIpc) is 2.38. The van der Waals surface area contributed by atoms with Crippen LogP contribution in [-0.2, 0) is 21.6 Å². The molecule has 1 aliphatic heterocycles. The number of hydrogen-bond donors (Lipinski definition) is 1. The molecule has 0 bridgehead atoms. The van der Waals surface area contributed by atoms with E-state index in [0.717, 1.165) is 0 Å². The van der Waals surface area contributed by atoms with Gasteiger partial charge in [-0.3, -0.25) is 8.42 Å². The van der Waals surface area contributed by atoms with Crippen LogP contribution < -0.4 is 4.74 Å². The SMILES string of the molecule is COc1ccccc1[C@H](O)C1S(=O)CCCS1=O. The quantitative estimate of drug-likeness (QED) is 0.899. The minimum Gasteiger partial charge on any atom is -0.496 e. The van der Waals surface area contributed by atoms with Crippen molar-refractivity contribution in [1.29, 1.82) is 0 Å². The molecule has 1 aromatic rings. The van der Waals surface area contributed by atoms with Gasteiger partial charge in [0, 0.05) is 38.7 Å². The zero-order valence-electron chi connectivity index (χ0n) is 10.1. The van der Waals surface area contributed by atoms with E-state index >= 15 is 0 Å². The van der Waals surface area contributed by atoms with Gasteiger partial charge < -0.3 is 9.84 Å². The predicted molar refractivity (Wildman–Crippen MR) is 72.4 cm³/mol. The van der Waals surface area contributed by atoms with Crippen molar-refractivity contribution in [3.63, 3.8) is 0 Å². The van der Waals surface area contributed by atoms with Gasteiger partial charge in [0.1, 0.15) is 16.4 Å². The van der Waals surface area contributed by atoms with Crippen molar-refractivity contribution in [3.8, 4) is 5.75 Å². The Hall–Kier alpha value is -0.720. The number of ether oxygens (including phenoxy) is 1. The van der Waals surface area contributed by atoms with E-state index in [1.54, 1.807) is 24.3 Å². The van der Waals surface area contributed by atoms with Crippen molar-refractivity contribution in [3.05, 3.63) is 29.8 Å². The van der Waals surface area contributed by atoms with E-state index in [1.165, 1.54) is 7.11 Å². The zero-order chi connectivity index (χ0) is 13.1. The molecule has 0 saturated carbocycles. The first kappa shape index (κ1) is 13.7. The summed E-state index contributed by atoms with van der Waals surface area (Å²) in [5, 5.41) is 10.3. The van der Waals surface area contributed by atoms with E-state index < -0.39 is 32.3 Å². The number of aliphatic hydroxyl groups is 1. The summed E-state index contributed by atoms with van der Waals surface area (Å²) >= 11 is 0. The lowest BCUT2D eigenvalue weighted by atomic mass is 10.1. The van der Waals surface area contributed by atoms with Crippen LogP contribution >= 0.6 is 0 Å². The molecule has 2 unspecified atom stereocenters. The van der Waals surface area contributed by atoms with Crippen molar-refractivity contribution in [2.24, 2.45) is 0 Å². The highest BCUT2D eigenvalue weighted by Crippen LogP contribution is 2.32. The Kier molecular flexibility index (Phi) is 4.53. The van der Waals surface area contributed by atoms with Crippen LogP contribution in [0.3, 0.4) is 0 Å². The Morgan fingerprint density at radius 2 is 1.89 bits per heavy atom. The molecule has 6 heteroatoms. The van der Waals surface area contributed by atoms with Gasteiger partial charge in [0.15, 0.2) is 0 Å². The third-order valence-electron chi connectivity index (χ3n) is 2.92. The zero-order valence-corrected chi connectivity index (χ0v) is 11.7. The first-order valence-electron chi connectivity index (χ1n) is 5.70. The van der Waals surface area contributed by atoms with Crippen LogP contribution in [0.15, 0.2) is 24.3 Å². The summed E-state index contributed by atoms with van der Waals surface area (Å²) in [6.07, 6.45) is -0.322. The summed E-state index contributed by atoms with van der Waals surface area (Å²) in [6, 6.07) is 7.01. The van der Waals surface area contributed by atoms with Gasteiger partial charge in [-0.15, -0.1) is 0 Å². The van der Waals surface area contributed by atoms with Gasteiger partial charge in [-0.1, -0.05) is 18.2 Å². The van der Waals surface area contributed by atoms with Gasteiger partial charge in [-0.25, -0.2) is 0 Å². The standard InChI is InChI=1S/C12H16O4S2/c1-16-10-6-3-2-5-9(10)11(13)12-17(14)7-4-8-18(12)15/h2-3,5-6,11-13H,4,7-8H2,1H3/t11-,12?,17?,18?/m0/s1. The fourth-order valence-electron chi connectivity index (χ4n) is 2.04. The van der Waals surface area contributed by atoms with E-state index in [1.807, 2.05) is 0 Å². The van der Waals surface area contributed by atoms with Gasteiger partial charge in [-0.05, 0) is 12.5 Å². The Morgan fingerprint density at radius 1 is 1.28 bits per heavy atom. The molecule has 2 rings (SSSR count). The second-order valence-electron chi connectivity index (χ2n) is 4.08. The molecule has 1 fully saturated rings. The molecule has 18 heavy (non-hydrogen) atoms. The largest absolute Gasteiger partial charge is 0.496 e. The lowest BCUT2D eigenvalue weighted by molar-refractivity contribution is 0.188. The predicted octanol–water partition coefficient (Wildman–Crippen LogP) is 0.956. The van der Waals surface area contributed by atoms with Crippen molar-refractivity contribution < 1.29 is 18.3 Å². The van der Waals surface area contributed by atoms with Gasteiger partial charge >= 0.3 is 0 Å². The highest BCUT2D eigenvalue weighted by molar-refractivity contribution is 8.03. The third-order valence-corrected chi connectivity index (χ3v) is 7.15. The van der Waals surface area contributed by atoms with Crippen molar-refractivity contribution in [2.45, 2.75) is 17.1 Å². The molecule has 0 spiro atoms. The molecule has 4 nitrogen and oxygen atoms in total. The molecule has 1 saturated heterocycles. The van der Waals surface area contributed by atoms with E-state index in [2.05, 4.69) is 0 Å². The van der Waals surface area contributed by atoms with Crippen LogP contribution in [-0.4, -0.2) is 36.7 Å². The van der Waals surface area contributed by atoms with Crippen LogP contribution in [0.1, 0.15) is 18.1 Å². The number of benzene rings is 1. The highest BCUT2D eigenvalue weighted by atomic mass is 32.2. The first-order valence-corrected chi connectivity index (χ1v) is 8.47. The van der Waals surface area contributed by atoms with Gasteiger partial charge in [0.05, 0.1) is 7.11 Å². The van der Waals surface area contributed by atoms with Crippen LogP contribution in [0.25, 0.3) is 0 Å². The lowest BCUT2D eigenvalue weighted by Crippen LogP contribution is -2.36. The molecule has 1 aliphatic rings. The second-order valence-corrected chi connectivity index (χ2v) is 7.73. The summed E-state index contributed by atoms with van der Waals surface area (Å²) < 4.78 is 28.3. The molecule has 1 N–H and O–H groups in total. The van der Waals surface area contributed by atoms with Crippen LogP contribution in [0.4, 0.5) is 0 Å². The Bertz CT molecular complexity index is 459. The molecule has 100 valence electrons.